The van der Waals surface area contributed by atoms with Crippen LogP contribution in [-0.2, 0) is 39.7 Å². The Morgan fingerprint density at radius 1 is 1.26 bits per heavy atom. The van der Waals surface area contributed by atoms with Gasteiger partial charge in [0.1, 0.15) is 0 Å². The molecule has 1 atom stereocenters. The average molecular weight is 325 g/mol. The van der Waals surface area contributed by atoms with Crippen LogP contribution in [0.1, 0.15) is 5.69 Å². The first-order valence-electron chi connectivity index (χ1n) is 7.06. The molecule has 0 saturated carbocycles. The van der Waals surface area contributed by atoms with Crippen LogP contribution in [0.5, 0.6) is 0 Å². The Kier molecular flexibility index (Phi) is 6.03. The van der Waals surface area contributed by atoms with E-state index < -0.39 is 23.8 Å². The van der Waals surface area contributed by atoms with Gasteiger partial charge in [0.25, 0.3) is 5.60 Å². The number of carbonyl (C=O) groups excluding carboxylic acids is 2. The maximum absolute atomic E-state index is 12.3. The van der Waals surface area contributed by atoms with E-state index in [4.69, 9.17) is 23.7 Å². The highest BCUT2D eigenvalue weighted by molar-refractivity contribution is 6.04. The van der Waals surface area contributed by atoms with Crippen LogP contribution in [0.3, 0.4) is 0 Å². The Hall–Kier alpha value is -2.03. The van der Waals surface area contributed by atoms with Crippen LogP contribution >= 0.6 is 0 Å². The predicted octanol–water partition coefficient (Wildman–Crippen LogP) is 0.0984. The van der Waals surface area contributed by atoms with Crippen molar-refractivity contribution < 1.29 is 33.3 Å². The second-order valence-corrected chi connectivity index (χ2v) is 4.80. The van der Waals surface area contributed by atoms with Crippen LogP contribution in [0.25, 0.3) is 0 Å². The summed E-state index contributed by atoms with van der Waals surface area (Å²) in [5.41, 5.74) is -1.54. The van der Waals surface area contributed by atoms with Gasteiger partial charge in [0.15, 0.2) is 6.29 Å². The third kappa shape index (κ3) is 4.04. The zero-order chi connectivity index (χ0) is 16.7. The maximum atomic E-state index is 12.3. The summed E-state index contributed by atoms with van der Waals surface area (Å²) in [6.45, 7) is 0.814. The van der Waals surface area contributed by atoms with Crippen molar-refractivity contribution in [2.24, 2.45) is 0 Å². The van der Waals surface area contributed by atoms with Gasteiger partial charge in [-0.1, -0.05) is 6.07 Å². The van der Waals surface area contributed by atoms with E-state index in [1.165, 1.54) is 14.2 Å². The topological polar surface area (TPSA) is 93.2 Å². The molecule has 0 aliphatic carbocycles. The number of esters is 2. The van der Waals surface area contributed by atoms with Gasteiger partial charge in [-0.15, -0.1) is 0 Å². The third-order valence-corrected chi connectivity index (χ3v) is 3.30. The fourth-order valence-electron chi connectivity index (χ4n) is 2.21. The molecule has 1 aromatic rings. The molecule has 0 radical (unpaired) electrons. The molecule has 2 heterocycles. The lowest BCUT2D eigenvalue weighted by molar-refractivity contribution is -0.260. The van der Waals surface area contributed by atoms with Gasteiger partial charge in [-0.2, -0.15) is 0 Å². The van der Waals surface area contributed by atoms with Gasteiger partial charge in [-0.25, -0.2) is 9.59 Å². The second kappa shape index (κ2) is 8.00. The highest BCUT2D eigenvalue weighted by Crippen LogP contribution is 2.24. The summed E-state index contributed by atoms with van der Waals surface area (Å²) in [4.78, 5) is 28.8. The maximum Gasteiger partial charge on any atom is 0.350 e. The number of nitrogens with zero attached hydrogens (tertiary/aromatic N) is 1. The van der Waals surface area contributed by atoms with Gasteiger partial charge < -0.3 is 23.7 Å². The quantitative estimate of drug-likeness (QED) is 0.537. The molecule has 2 rings (SSSR count). The fraction of sp³-hybridized carbons (Fsp3) is 0.533. The van der Waals surface area contributed by atoms with Crippen molar-refractivity contribution in [3.05, 3.63) is 30.1 Å². The van der Waals surface area contributed by atoms with Crippen LogP contribution in [0.15, 0.2) is 24.4 Å². The Balaban J connectivity index is 2.32. The molecule has 8 heteroatoms. The summed E-state index contributed by atoms with van der Waals surface area (Å²) < 4.78 is 25.8. The molecule has 126 valence electrons. The smallest absolute Gasteiger partial charge is 0.350 e. The van der Waals surface area contributed by atoms with Crippen molar-refractivity contribution in [1.82, 2.24) is 4.98 Å². The van der Waals surface area contributed by atoms with Gasteiger partial charge in [0.2, 0.25) is 0 Å². The summed E-state index contributed by atoms with van der Waals surface area (Å²) in [5, 5.41) is 0. The zero-order valence-electron chi connectivity index (χ0n) is 13.0. The van der Waals surface area contributed by atoms with Gasteiger partial charge in [0.05, 0.1) is 34.0 Å². The average Bonchev–Trinajstić information content (AvgIpc) is 2.61. The Labute approximate surface area is 133 Å². The molecule has 1 aliphatic rings. The van der Waals surface area contributed by atoms with E-state index >= 15 is 0 Å². The van der Waals surface area contributed by atoms with Crippen LogP contribution < -0.4 is 0 Å². The monoisotopic (exact) mass is 325 g/mol. The minimum absolute atomic E-state index is 0.0952. The molecule has 1 aliphatic heterocycles. The summed E-state index contributed by atoms with van der Waals surface area (Å²) in [5.74, 6) is -1.77. The molecule has 23 heavy (non-hydrogen) atoms. The minimum Gasteiger partial charge on any atom is -0.466 e. The molecule has 1 unspecified atom stereocenters. The van der Waals surface area contributed by atoms with Gasteiger partial charge >= 0.3 is 11.9 Å². The summed E-state index contributed by atoms with van der Waals surface area (Å²) in [6.07, 6.45) is 0.521. The predicted molar refractivity (Wildman–Crippen MR) is 76.3 cm³/mol. The number of aromatic nitrogens is 1. The van der Waals surface area contributed by atoms with Crippen molar-refractivity contribution in [3.8, 4) is 0 Å². The molecule has 0 bridgehead atoms. The SMILES string of the molecule is COC(=O)C(Cc1ccccn1)(OC1COCCO1)C(=O)OC. The summed E-state index contributed by atoms with van der Waals surface area (Å²) >= 11 is 0. The molecule has 8 nitrogen and oxygen atoms in total. The first kappa shape index (κ1) is 17.3. The van der Waals surface area contributed by atoms with Gasteiger partial charge in [-0.05, 0) is 12.1 Å². The van der Waals surface area contributed by atoms with Gasteiger partial charge in [-0.3, -0.25) is 4.98 Å². The van der Waals surface area contributed by atoms with Crippen LogP contribution in [-0.4, -0.2) is 62.9 Å². The lowest BCUT2D eigenvalue weighted by Crippen LogP contribution is -2.56. The summed E-state index contributed by atoms with van der Waals surface area (Å²) in [6, 6.07) is 5.13. The third-order valence-electron chi connectivity index (χ3n) is 3.30. The zero-order valence-corrected chi connectivity index (χ0v) is 13.0. The Morgan fingerprint density at radius 2 is 2.00 bits per heavy atom. The van der Waals surface area contributed by atoms with Crippen molar-refractivity contribution in [2.45, 2.75) is 18.3 Å². The Bertz CT molecular complexity index is 512. The van der Waals surface area contributed by atoms with E-state index in [2.05, 4.69) is 4.98 Å². The van der Waals surface area contributed by atoms with E-state index in [1.54, 1.807) is 24.4 Å². The fourth-order valence-corrected chi connectivity index (χ4v) is 2.21. The lowest BCUT2D eigenvalue weighted by atomic mass is 9.96. The summed E-state index contributed by atoms with van der Waals surface area (Å²) in [7, 11) is 2.33. The molecule has 0 spiro atoms. The number of methoxy groups -OCH3 is 2. The van der Waals surface area contributed by atoms with Crippen molar-refractivity contribution >= 4 is 11.9 Å². The second-order valence-electron chi connectivity index (χ2n) is 4.80. The van der Waals surface area contributed by atoms with Crippen LogP contribution in [0.4, 0.5) is 0 Å². The number of hydrogen-bond acceptors (Lipinski definition) is 8. The van der Waals surface area contributed by atoms with E-state index in [0.717, 1.165) is 0 Å². The first-order chi connectivity index (χ1) is 11.1. The number of rotatable bonds is 6. The molecular formula is C15H19NO7. The molecule has 0 amide bonds. The van der Waals surface area contributed by atoms with Crippen molar-refractivity contribution in [2.75, 3.05) is 34.0 Å². The standard InChI is InChI=1S/C15H19NO7/c1-19-13(17)15(14(18)20-2,9-11-5-3-4-6-16-11)23-12-10-21-7-8-22-12/h3-6,12H,7-10H2,1-2H3. The number of carbonyl (C=O) groups is 2. The number of ether oxygens (including phenoxy) is 5. The number of hydrogen-bond donors (Lipinski definition) is 0. The normalized spacial score (nSPS) is 18.3. The largest absolute Gasteiger partial charge is 0.466 e. The van der Waals surface area contributed by atoms with Crippen LogP contribution in [0.2, 0.25) is 0 Å². The van der Waals surface area contributed by atoms with Crippen LogP contribution in [0, 0.1) is 0 Å². The highest BCUT2D eigenvalue weighted by atomic mass is 16.7. The number of pyridine rings is 1. The lowest BCUT2D eigenvalue weighted by Gasteiger charge is -2.33. The van der Waals surface area contributed by atoms with Crippen molar-refractivity contribution in [3.63, 3.8) is 0 Å². The Morgan fingerprint density at radius 3 is 2.52 bits per heavy atom. The van der Waals surface area contributed by atoms with Crippen molar-refractivity contribution in [1.29, 1.82) is 0 Å². The minimum atomic E-state index is -2.01. The molecular weight excluding hydrogens is 306 g/mol. The molecule has 1 saturated heterocycles. The van der Waals surface area contributed by atoms with E-state index in [1.807, 2.05) is 0 Å². The van der Waals surface area contributed by atoms with Gasteiger partial charge in [0, 0.05) is 18.3 Å². The molecule has 0 aromatic carbocycles. The molecule has 1 aromatic heterocycles. The first-order valence-corrected chi connectivity index (χ1v) is 7.06. The van der Waals surface area contributed by atoms with E-state index in [-0.39, 0.29) is 13.0 Å². The molecule has 0 N–H and O–H groups in total. The highest BCUT2D eigenvalue weighted by Gasteiger charge is 2.52. The van der Waals surface area contributed by atoms with E-state index in [0.29, 0.717) is 18.9 Å². The molecule has 1 fully saturated rings. The van der Waals surface area contributed by atoms with E-state index in [9.17, 15) is 9.59 Å².